The lowest BCUT2D eigenvalue weighted by Gasteiger charge is -2.45. The van der Waals surface area contributed by atoms with Crippen molar-refractivity contribution in [2.45, 2.75) is 45.3 Å². The molecule has 1 atom stereocenters. The molecule has 49 heavy (non-hydrogen) atoms. The maximum Gasteiger partial charge on any atom is 0.261 e. The summed E-state index contributed by atoms with van der Waals surface area (Å²) in [6.45, 7) is 9.37. The van der Waals surface area contributed by atoms with Crippen LogP contribution in [0, 0.1) is 0 Å². The minimum Gasteiger partial charge on any atom is -0.401 e. The van der Waals surface area contributed by atoms with E-state index in [0.29, 0.717) is 0 Å². The Bertz CT molecular complexity index is 1770. The normalized spacial score (nSPS) is 13.2. The molecule has 246 valence electrons. The number of pyridine rings is 1. The predicted octanol–water partition coefficient (Wildman–Crippen LogP) is 8.81. The first kappa shape index (κ1) is 34.5. The Labute approximate surface area is 295 Å². The Balaban J connectivity index is 1.55. The highest BCUT2D eigenvalue weighted by Crippen LogP contribution is 2.56. The molecular weight excluding hydrogens is 630 g/mol. The Morgan fingerprint density at radius 2 is 1.00 bits per heavy atom. The predicted molar refractivity (Wildman–Crippen MR) is 215 cm³/mol. The Morgan fingerprint density at radius 3 is 1.39 bits per heavy atom. The van der Waals surface area contributed by atoms with Gasteiger partial charge in [-0.3, -0.25) is 4.98 Å². The zero-order valence-electron chi connectivity index (χ0n) is 29.1. The van der Waals surface area contributed by atoms with E-state index in [2.05, 4.69) is 203 Å². The molecule has 0 fully saturated rings. The summed E-state index contributed by atoms with van der Waals surface area (Å²) in [4.78, 5) is 4.29. The third-order valence-electron chi connectivity index (χ3n) is 9.66. The van der Waals surface area contributed by atoms with Crippen molar-refractivity contribution in [3.05, 3.63) is 187 Å². The molecule has 6 aromatic rings. The SMILES string of the molecule is C/C(=C\c1ccncc1)[C@H](CC[P+](c1ccccc1)(c1ccccc1)c1ccccc1)O[Si](c1ccccc1)(c1ccccc1)C(C)(C)C. The molecule has 0 aliphatic heterocycles. The van der Waals surface area contributed by atoms with Crippen LogP contribution in [0.3, 0.4) is 0 Å². The van der Waals surface area contributed by atoms with Crippen LogP contribution in [0.2, 0.25) is 5.04 Å². The minimum atomic E-state index is -2.87. The summed E-state index contributed by atoms with van der Waals surface area (Å²) in [6, 6.07) is 59.8. The van der Waals surface area contributed by atoms with Gasteiger partial charge in [0.2, 0.25) is 0 Å². The van der Waals surface area contributed by atoms with Crippen LogP contribution in [0.25, 0.3) is 6.08 Å². The van der Waals surface area contributed by atoms with Gasteiger partial charge in [0.15, 0.2) is 0 Å². The van der Waals surface area contributed by atoms with Crippen molar-refractivity contribution in [2.75, 3.05) is 6.16 Å². The smallest absolute Gasteiger partial charge is 0.261 e. The molecule has 6 rings (SSSR count). The van der Waals surface area contributed by atoms with E-state index >= 15 is 0 Å². The van der Waals surface area contributed by atoms with E-state index in [-0.39, 0.29) is 11.1 Å². The number of hydrogen-bond donors (Lipinski definition) is 0. The highest BCUT2D eigenvalue weighted by Gasteiger charge is 2.52. The number of benzene rings is 5. The fourth-order valence-corrected chi connectivity index (χ4v) is 16.4. The van der Waals surface area contributed by atoms with Crippen LogP contribution < -0.4 is 26.3 Å². The van der Waals surface area contributed by atoms with Crippen LogP contribution in [0.1, 0.15) is 39.7 Å². The highest BCUT2D eigenvalue weighted by molar-refractivity contribution is 7.95. The molecule has 5 aromatic carbocycles. The van der Waals surface area contributed by atoms with Crippen molar-refractivity contribution < 1.29 is 4.43 Å². The van der Waals surface area contributed by atoms with E-state index in [9.17, 15) is 0 Å². The molecular formula is C45H47NOPSi+. The molecule has 0 saturated carbocycles. The average molecular weight is 677 g/mol. The Kier molecular flexibility index (Phi) is 10.9. The molecule has 0 N–H and O–H groups in total. The first-order valence-corrected chi connectivity index (χ1v) is 21.1. The number of aromatic nitrogens is 1. The van der Waals surface area contributed by atoms with Crippen molar-refractivity contribution in [1.82, 2.24) is 4.98 Å². The van der Waals surface area contributed by atoms with Crippen molar-refractivity contribution in [1.29, 1.82) is 0 Å². The molecule has 0 spiro atoms. The van der Waals surface area contributed by atoms with Gasteiger partial charge in [0.25, 0.3) is 8.32 Å². The second-order valence-electron chi connectivity index (χ2n) is 13.8. The summed E-state index contributed by atoms with van der Waals surface area (Å²) in [5.41, 5.74) is 2.37. The van der Waals surface area contributed by atoms with Crippen molar-refractivity contribution in [2.24, 2.45) is 0 Å². The van der Waals surface area contributed by atoms with Crippen LogP contribution in [-0.2, 0) is 4.43 Å². The van der Waals surface area contributed by atoms with Crippen LogP contribution in [0.15, 0.2) is 182 Å². The molecule has 0 amide bonds. The van der Waals surface area contributed by atoms with E-state index < -0.39 is 15.6 Å². The minimum absolute atomic E-state index is 0.130. The molecule has 0 aliphatic carbocycles. The van der Waals surface area contributed by atoms with Gasteiger partial charge in [-0.25, -0.2) is 0 Å². The fraction of sp³-hybridized carbons (Fsp3) is 0.178. The average Bonchev–Trinajstić information content (AvgIpc) is 3.15. The van der Waals surface area contributed by atoms with E-state index in [0.717, 1.165) is 18.1 Å². The van der Waals surface area contributed by atoms with Crippen molar-refractivity contribution >= 4 is 47.9 Å². The molecule has 0 aliphatic rings. The molecule has 2 nitrogen and oxygen atoms in total. The summed E-state index contributed by atoms with van der Waals surface area (Å²) in [6.07, 6.45) is 7.74. The van der Waals surface area contributed by atoms with Gasteiger partial charge >= 0.3 is 0 Å². The van der Waals surface area contributed by atoms with Crippen LogP contribution >= 0.6 is 7.26 Å². The van der Waals surface area contributed by atoms with Gasteiger partial charge in [-0.05, 0) is 82.0 Å². The van der Waals surface area contributed by atoms with Crippen LogP contribution in [-0.4, -0.2) is 25.6 Å². The summed E-state index contributed by atoms with van der Waals surface area (Å²) in [7, 11) is -4.95. The number of hydrogen-bond acceptors (Lipinski definition) is 2. The molecule has 0 radical (unpaired) electrons. The molecule has 0 bridgehead atoms. The topological polar surface area (TPSA) is 22.1 Å². The standard InChI is InChI=1S/C45H47NOPSi/c1-37(36-38-30-33-46-34-31-38)44(47-49(45(2,3)4,42-26-16-8-17-27-42)43-28-18-9-19-29-43)32-35-48(39-20-10-5-11-21-39,40-22-12-6-13-23-40)41-24-14-7-15-25-41/h5-31,33-34,36,44H,32,35H2,1-4H3/q+1/b37-36+/t44-/m0/s1. The summed E-state index contributed by atoms with van der Waals surface area (Å²) >= 11 is 0. The van der Waals surface area contributed by atoms with E-state index in [1.165, 1.54) is 31.9 Å². The Morgan fingerprint density at radius 1 is 0.612 bits per heavy atom. The third-order valence-corrected chi connectivity index (χ3v) is 19.2. The zero-order chi connectivity index (χ0) is 34.2. The second kappa shape index (κ2) is 15.4. The van der Waals surface area contributed by atoms with Gasteiger partial charge in [-0.1, -0.05) is 142 Å². The van der Waals surface area contributed by atoms with Crippen molar-refractivity contribution in [3.63, 3.8) is 0 Å². The van der Waals surface area contributed by atoms with Gasteiger partial charge in [-0.2, -0.15) is 0 Å². The summed E-state index contributed by atoms with van der Waals surface area (Å²) in [5.74, 6) is 0. The van der Waals surface area contributed by atoms with E-state index in [1.54, 1.807) is 0 Å². The first-order chi connectivity index (χ1) is 23.8. The van der Waals surface area contributed by atoms with Crippen LogP contribution in [0.5, 0.6) is 0 Å². The van der Waals surface area contributed by atoms with Gasteiger partial charge in [0.05, 0.1) is 12.3 Å². The van der Waals surface area contributed by atoms with Crippen LogP contribution in [0.4, 0.5) is 0 Å². The second-order valence-corrected chi connectivity index (χ2v) is 21.6. The molecule has 1 heterocycles. The quantitative estimate of drug-likeness (QED) is 0.0955. The largest absolute Gasteiger partial charge is 0.401 e. The van der Waals surface area contributed by atoms with Gasteiger partial charge in [0.1, 0.15) is 23.2 Å². The Hall–Kier alpha value is -4.40. The van der Waals surface area contributed by atoms with Gasteiger partial charge in [-0.15, -0.1) is 0 Å². The summed E-state index contributed by atoms with van der Waals surface area (Å²) < 4.78 is 7.98. The van der Waals surface area contributed by atoms with Crippen molar-refractivity contribution in [3.8, 4) is 0 Å². The molecule has 0 unspecified atom stereocenters. The molecule has 1 aromatic heterocycles. The maximum atomic E-state index is 7.98. The molecule has 0 saturated heterocycles. The number of nitrogens with zero attached hydrogens (tertiary/aromatic N) is 1. The maximum absolute atomic E-state index is 7.98. The zero-order valence-corrected chi connectivity index (χ0v) is 31.0. The van der Waals surface area contributed by atoms with Gasteiger partial charge < -0.3 is 4.43 Å². The lowest BCUT2D eigenvalue weighted by molar-refractivity contribution is 0.219. The third kappa shape index (κ3) is 7.31. The van der Waals surface area contributed by atoms with E-state index in [4.69, 9.17) is 4.43 Å². The highest BCUT2D eigenvalue weighted by atomic mass is 31.2. The molecule has 4 heteroatoms. The van der Waals surface area contributed by atoms with E-state index in [1.807, 2.05) is 12.4 Å². The number of rotatable bonds is 12. The lowest BCUT2D eigenvalue weighted by Crippen LogP contribution is -2.67. The monoisotopic (exact) mass is 676 g/mol. The first-order valence-electron chi connectivity index (χ1n) is 17.3. The fourth-order valence-electron chi connectivity index (χ4n) is 7.29. The lowest BCUT2D eigenvalue weighted by atomic mass is 10.1. The van der Waals surface area contributed by atoms with Gasteiger partial charge in [0, 0.05) is 18.8 Å². The summed E-state index contributed by atoms with van der Waals surface area (Å²) in [5, 5.41) is 6.64.